The van der Waals surface area contributed by atoms with Crippen molar-refractivity contribution < 1.29 is 22.3 Å². The summed E-state index contributed by atoms with van der Waals surface area (Å²) in [4.78, 5) is 13.1. The molecule has 0 fully saturated rings. The van der Waals surface area contributed by atoms with Crippen LogP contribution in [0.4, 0.5) is 10.1 Å². The van der Waals surface area contributed by atoms with E-state index in [0.717, 1.165) is 11.8 Å². The lowest BCUT2D eigenvalue weighted by Crippen LogP contribution is -2.33. The summed E-state index contributed by atoms with van der Waals surface area (Å²) in [5, 5.41) is 2.58. The molecule has 190 valence electrons. The summed E-state index contributed by atoms with van der Waals surface area (Å²) in [6.07, 6.45) is 2.12. The van der Waals surface area contributed by atoms with E-state index in [1.54, 1.807) is 48.5 Å². The van der Waals surface area contributed by atoms with E-state index in [1.165, 1.54) is 18.2 Å². The zero-order valence-electron chi connectivity index (χ0n) is 20.2. The highest BCUT2D eigenvalue weighted by Gasteiger charge is 2.22. The lowest BCUT2D eigenvalue weighted by Gasteiger charge is -2.20. The van der Waals surface area contributed by atoms with E-state index in [9.17, 15) is 17.6 Å². The van der Waals surface area contributed by atoms with Crippen LogP contribution in [0.3, 0.4) is 0 Å². The van der Waals surface area contributed by atoms with Gasteiger partial charge in [-0.2, -0.15) is 0 Å². The molecule has 36 heavy (non-hydrogen) atoms. The maximum atomic E-state index is 15.0. The number of carbonyl (C=O) groups is 1. The van der Waals surface area contributed by atoms with E-state index in [0.29, 0.717) is 35.3 Å². The van der Waals surface area contributed by atoms with E-state index in [1.807, 2.05) is 6.92 Å². The zero-order valence-corrected chi connectivity index (χ0v) is 21.0. The Bertz CT molecular complexity index is 1370. The molecule has 0 aliphatic rings. The van der Waals surface area contributed by atoms with Crippen LogP contribution in [0.5, 0.6) is 5.75 Å². The third-order valence-corrected chi connectivity index (χ3v) is 6.74. The number of halogens is 1. The van der Waals surface area contributed by atoms with E-state index >= 15 is 0 Å². The molecule has 1 atom stereocenters. The van der Waals surface area contributed by atoms with Crippen molar-refractivity contribution in [3.8, 4) is 16.9 Å². The molecule has 3 aromatic carbocycles. The standard InChI is InChI=1S/C27H30FN3O4S/c1-4-8-24(35-19-13-11-17(5-2)21(16-19)26(29)30)27(32)31-23-14-12-18(15-22(23)28)20-9-6-7-10-25(20)36(3,33)34/h5-7,9-16,24,26H,2,4,8,29-30H2,1,3H3,(H,31,32). The summed E-state index contributed by atoms with van der Waals surface area (Å²) in [6, 6.07) is 15.6. The van der Waals surface area contributed by atoms with E-state index < -0.39 is 33.8 Å². The van der Waals surface area contributed by atoms with Gasteiger partial charge in [-0.3, -0.25) is 4.79 Å². The first-order chi connectivity index (χ1) is 17.0. The van der Waals surface area contributed by atoms with Crippen LogP contribution in [0.2, 0.25) is 0 Å². The topological polar surface area (TPSA) is 125 Å². The molecule has 0 aliphatic heterocycles. The molecule has 3 aromatic rings. The molecular formula is C27H30FN3O4S. The number of rotatable bonds is 10. The molecule has 5 N–H and O–H groups in total. The number of hydrogen-bond donors (Lipinski definition) is 3. The van der Waals surface area contributed by atoms with Crippen molar-refractivity contribution >= 4 is 27.5 Å². The number of sulfone groups is 1. The summed E-state index contributed by atoms with van der Waals surface area (Å²) in [6.45, 7) is 5.64. The largest absolute Gasteiger partial charge is 0.481 e. The number of nitrogens with one attached hydrogen (secondary N) is 1. The number of hydrogen-bond acceptors (Lipinski definition) is 6. The Kier molecular flexibility index (Phi) is 8.62. The Morgan fingerprint density at radius 3 is 2.47 bits per heavy atom. The number of anilines is 1. The summed E-state index contributed by atoms with van der Waals surface area (Å²) in [5.74, 6) is -0.823. The first kappa shape index (κ1) is 27.1. The SMILES string of the molecule is C=Cc1ccc(OC(CCC)C(=O)Nc2ccc(-c3ccccc3S(C)(=O)=O)cc2F)cc1C(N)N. The van der Waals surface area contributed by atoms with Gasteiger partial charge in [0, 0.05) is 11.8 Å². The second-order valence-electron chi connectivity index (χ2n) is 8.37. The van der Waals surface area contributed by atoms with Gasteiger partial charge in [-0.15, -0.1) is 0 Å². The number of carbonyl (C=O) groups excluding carboxylic acids is 1. The molecular weight excluding hydrogens is 481 g/mol. The van der Waals surface area contributed by atoms with Gasteiger partial charge in [0.15, 0.2) is 15.9 Å². The Morgan fingerprint density at radius 2 is 1.86 bits per heavy atom. The summed E-state index contributed by atoms with van der Waals surface area (Å²) in [7, 11) is -3.51. The van der Waals surface area contributed by atoms with Crippen molar-refractivity contribution in [1.29, 1.82) is 0 Å². The predicted octanol–water partition coefficient (Wildman–Crippen LogP) is 4.64. The van der Waals surface area contributed by atoms with E-state index in [-0.39, 0.29) is 10.6 Å². The van der Waals surface area contributed by atoms with Crippen LogP contribution in [0.25, 0.3) is 17.2 Å². The Balaban J connectivity index is 1.84. The molecule has 9 heteroatoms. The normalized spacial score (nSPS) is 12.3. The minimum Gasteiger partial charge on any atom is -0.481 e. The molecule has 0 radical (unpaired) electrons. The van der Waals surface area contributed by atoms with Gasteiger partial charge in [0.05, 0.1) is 16.7 Å². The van der Waals surface area contributed by atoms with Crippen molar-refractivity contribution in [2.45, 2.75) is 36.9 Å². The highest BCUT2D eigenvalue weighted by atomic mass is 32.2. The van der Waals surface area contributed by atoms with Crippen LogP contribution in [-0.4, -0.2) is 26.7 Å². The highest BCUT2D eigenvalue weighted by molar-refractivity contribution is 7.90. The number of nitrogens with two attached hydrogens (primary N) is 2. The van der Waals surface area contributed by atoms with Crippen LogP contribution in [0.1, 0.15) is 37.1 Å². The van der Waals surface area contributed by atoms with Crippen molar-refractivity contribution in [2.75, 3.05) is 11.6 Å². The highest BCUT2D eigenvalue weighted by Crippen LogP contribution is 2.30. The molecule has 0 aliphatic carbocycles. The average Bonchev–Trinajstić information content (AvgIpc) is 2.84. The van der Waals surface area contributed by atoms with Gasteiger partial charge in [0.1, 0.15) is 11.6 Å². The minimum absolute atomic E-state index is 0.0445. The van der Waals surface area contributed by atoms with Gasteiger partial charge in [-0.05, 0) is 53.4 Å². The second kappa shape index (κ2) is 11.5. The molecule has 0 heterocycles. The number of benzene rings is 3. The summed E-state index contributed by atoms with van der Waals surface area (Å²) < 4.78 is 45.1. The van der Waals surface area contributed by atoms with Gasteiger partial charge in [-0.1, -0.05) is 56.3 Å². The van der Waals surface area contributed by atoms with Gasteiger partial charge in [0.2, 0.25) is 0 Å². The Labute approximate surface area is 210 Å². The minimum atomic E-state index is -3.51. The van der Waals surface area contributed by atoms with Gasteiger partial charge < -0.3 is 21.5 Å². The molecule has 0 spiro atoms. The van der Waals surface area contributed by atoms with Crippen molar-refractivity contribution in [2.24, 2.45) is 11.5 Å². The van der Waals surface area contributed by atoms with Crippen molar-refractivity contribution in [3.05, 3.63) is 84.2 Å². The summed E-state index contributed by atoms with van der Waals surface area (Å²) in [5.41, 5.74) is 13.8. The molecule has 0 saturated heterocycles. The van der Waals surface area contributed by atoms with Crippen LogP contribution >= 0.6 is 0 Å². The fraction of sp³-hybridized carbons (Fsp3) is 0.222. The van der Waals surface area contributed by atoms with Gasteiger partial charge in [0.25, 0.3) is 5.91 Å². The molecule has 1 amide bonds. The number of amides is 1. The van der Waals surface area contributed by atoms with Crippen molar-refractivity contribution in [1.82, 2.24) is 0 Å². The molecule has 0 aromatic heterocycles. The smallest absolute Gasteiger partial charge is 0.265 e. The maximum absolute atomic E-state index is 15.0. The third kappa shape index (κ3) is 6.37. The third-order valence-electron chi connectivity index (χ3n) is 5.58. The Morgan fingerprint density at radius 1 is 1.14 bits per heavy atom. The Hall–Kier alpha value is -3.53. The molecule has 1 unspecified atom stereocenters. The first-order valence-corrected chi connectivity index (χ1v) is 13.3. The van der Waals surface area contributed by atoms with Crippen LogP contribution < -0.4 is 21.5 Å². The zero-order chi connectivity index (χ0) is 26.5. The molecule has 0 bridgehead atoms. The predicted molar refractivity (Wildman–Crippen MR) is 141 cm³/mol. The first-order valence-electron chi connectivity index (χ1n) is 11.4. The average molecular weight is 512 g/mol. The van der Waals surface area contributed by atoms with Crippen LogP contribution in [0.15, 0.2) is 72.1 Å². The van der Waals surface area contributed by atoms with E-state index in [2.05, 4.69) is 11.9 Å². The van der Waals surface area contributed by atoms with Gasteiger partial charge in [-0.25, -0.2) is 12.8 Å². The van der Waals surface area contributed by atoms with Gasteiger partial charge >= 0.3 is 0 Å². The van der Waals surface area contributed by atoms with Crippen LogP contribution in [0, 0.1) is 5.82 Å². The fourth-order valence-electron chi connectivity index (χ4n) is 3.80. The van der Waals surface area contributed by atoms with Crippen LogP contribution in [-0.2, 0) is 14.6 Å². The fourth-order valence-corrected chi connectivity index (χ4v) is 4.71. The molecule has 7 nitrogen and oxygen atoms in total. The van der Waals surface area contributed by atoms with E-state index in [4.69, 9.17) is 16.2 Å². The second-order valence-corrected chi connectivity index (χ2v) is 10.4. The molecule has 3 rings (SSSR count). The van der Waals surface area contributed by atoms with Crippen molar-refractivity contribution in [3.63, 3.8) is 0 Å². The lowest BCUT2D eigenvalue weighted by atomic mass is 10.0. The monoisotopic (exact) mass is 511 g/mol. The number of ether oxygens (including phenoxy) is 1. The molecule has 0 saturated carbocycles. The lowest BCUT2D eigenvalue weighted by molar-refractivity contribution is -0.123. The maximum Gasteiger partial charge on any atom is 0.265 e. The summed E-state index contributed by atoms with van der Waals surface area (Å²) >= 11 is 0. The quantitative estimate of drug-likeness (QED) is 0.341.